The van der Waals surface area contributed by atoms with E-state index in [0.717, 1.165) is 0 Å². The topological polar surface area (TPSA) is 342 Å². The highest BCUT2D eigenvalue weighted by atomic mass is 16.8. The Morgan fingerprint density at radius 3 is 1.57 bits per heavy atom. The highest BCUT2D eigenvalue weighted by Crippen LogP contribution is 2.34. The summed E-state index contributed by atoms with van der Waals surface area (Å²) in [4.78, 5) is 0. The maximum atomic E-state index is 11.1. The zero-order valence-corrected chi connectivity index (χ0v) is 22.6. The van der Waals surface area contributed by atoms with Crippen LogP contribution in [0.2, 0.25) is 0 Å². The quantitative estimate of drug-likeness (QED) is 0.114. The van der Waals surface area contributed by atoms with E-state index in [1.165, 1.54) is 0 Å². The average Bonchev–Trinajstić information content (AvgIpc) is 3.27. The zero-order chi connectivity index (χ0) is 31.0. The molecule has 19 nitrogen and oxygen atoms in total. The van der Waals surface area contributed by atoms with E-state index in [0.29, 0.717) is 0 Å². The van der Waals surface area contributed by atoms with Gasteiger partial charge in [-0.2, -0.15) is 0 Å². The van der Waals surface area contributed by atoms with Crippen molar-refractivity contribution in [2.75, 3.05) is 19.8 Å². The molecule has 42 heavy (non-hydrogen) atoms. The van der Waals surface area contributed by atoms with Crippen LogP contribution < -0.4 is 22.9 Å². The standard InChI is InChI=1S/C23H44N4O15/c24-2-7-13(32)15(34)10(26)21(37-7)41-19-9(4-29)39-23(17(19)36)42-20-12(31)6(30)1-5(25)18(20)40-22-11(27)16(35)14(33)8(3-28)38-22/h5-23,28-36H,1-4,24-27H2/t5-,6+,7+,8+,9+,10-,11+,12-,13-,14+,15-,16+,17+,18+,19+,20+,21+,22+,23-/m0/s1. The molecule has 19 atom stereocenters. The second-order valence-electron chi connectivity index (χ2n) is 11.1. The minimum absolute atomic E-state index is 0.158. The van der Waals surface area contributed by atoms with E-state index in [1.807, 2.05) is 0 Å². The molecular weight excluding hydrogens is 572 g/mol. The minimum Gasteiger partial charge on any atom is -0.394 e. The summed E-state index contributed by atoms with van der Waals surface area (Å²) >= 11 is 0. The molecule has 0 aromatic heterocycles. The number of ether oxygens (including phenoxy) is 6. The SMILES string of the molecule is NC[C@H]1O[C@H](O[C@H]2[C@@H](O)[C@H](O[C@@H]3[C@@H](O)[C@H](O)C[C@H](N)[C@H]3O[C@H]3O[C@H](CO)[C@@H](O)[C@H](O)[C@H]3N)O[C@@H]2CO)[C@@H](N)[C@H](O)[C@H]1O. The first-order chi connectivity index (χ1) is 19.8. The fraction of sp³-hybridized carbons (Fsp3) is 1.00. The van der Waals surface area contributed by atoms with Crippen LogP contribution in [0, 0.1) is 0 Å². The van der Waals surface area contributed by atoms with E-state index in [1.54, 1.807) is 0 Å². The number of nitrogens with two attached hydrogens (primary N) is 4. The van der Waals surface area contributed by atoms with Gasteiger partial charge in [-0.15, -0.1) is 0 Å². The lowest BCUT2D eigenvalue weighted by Crippen LogP contribution is -2.67. The van der Waals surface area contributed by atoms with Crippen molar-refractivity contribution < 1.29 is 74.4 Å². The van der Waals surface area contributed by atoms with Crippen LogP contribution in [-0.4, -0.2) is 182 Å². The number of rotatable bonds is 9. The van der Waals surface area contributed by atoms with Crippen molar-refractivity contribution in [2.45, 2.75) is 123 Å². The van der Waals surface area contributed by atoms with Gasteiger partial charge in [0, 0.05) is 12.6 Å². The van der Waals surface area contributed by atoms with Gasteiger partial charge in [0.1, 0.15) is 73.2 Å². The van der Waals surface area contributed by atoms with Crippen molar-refractivity contribution >= 4 is 0 Å². The van der Waals surface area contributed by atoms with Gasteiger partial charge in [0.05, 0.1) is 31.4 Å². The normalized spacial score (nSPS) is 53.8. The third-order valence-corrected chi connectivity index (χ3v) is 8.24. The summed E-state index contributed by atoms with van der Waals surface area (Å²) in [6, 6.07) is -3.58. The summed E-state index contributed by atoms with van der Waals surface area (Å²) in [6.45, 7) is -1.54. The Morgan fingerprint density at radius 2 is 1.02 bits per heavy atom. The molecule has 4 aliphatic rings. The first-order valence-electron chi connectivity index (χ1n) is 13.7. The molecule has 4 fully saturated rings. The van der Waals surface area contributed by atoms with Gasteiger partial charge in [0.2, 0.25) is 0 Å². The third-order valence-electron chi connectivity index (χ3n) is 8.24. The van der Waals surface area contributed by atoms with Gasteiger partial charge in [0.15, 0.2) is 18.9 Å². The van der Waals surface area contributed by atoms with Crippen LogP contribution in [0.15, 0.2) is 0 Å². The molecule has 4 rings (SSSR count). The highest BCUT2D eigenvalue weighted by molar-refractivity contribution is 5.01. The van der Waals surface area contributed by atoms with Gasteiger partial charge in [-0.1, -0.05) is 0 Å². The second-order valence-corrected chi connectivity index (χ2v) is 11.1. The van der Waals surface area contributed by atoms with Gasteiger partial charge in [0.25, 0.3) is 0 Å². The second kappa shape index (κ2) is 14.1. The Morgan fingerprint density at radius 1 is 0.548 bits per heavy atom. The lowest BCUT2D eigenvalue weighted by Gasteiger charge is -2.46. The van der Waals surface area contributed by atoms with E-state index < -0.39 is 130 Å². The van der Waals surface area contributed by atoms with E-state index in [4.69, 9.17) is 51.4 Å². The van der Waals surface area contributed by atoms with Crippen molar-refractivity contribution in [3.63, 3.8) is 0 Å². The summed E-state index contributed by atoms with van der Waals surface area (Å²) in [7, 11) is 0. The van der Waals surface area contributed by atoms with Crippen LogP contribution in [0.3, 0.4) is 0 Å². The molecule has 0 aromatic rings. The molecule has 19 heteroatoms. The molecule has 3 saturated heterocycles. The third kappa shape index (κ3) is 6.60. The number of aliphatic hydroxyl groups excluding tert-OH is 9. The Hall–Kier alpha value is -0.760. The fourth-order valence-corrected chi connectivity index (χ4v) is 5.64. The fourth-order valence-electron chi connectivity index (χ4n) is 5.64. The number of aliphatic hydroxyl groups is 9. The smallest absolute Gasteiger partial charge is 0.187 e. The van der Waals surface area contributed by atoms with Gasteiger partial charge < -0.3 is 97.3 Å². The van der Waals surface area contributed by atoms with Crippen molar-refractivity contribution in [2.24, 2.45) is 22.9 Å². The highest BCUT2D eigenvalue weighted by Gasteiger charge is 2.54. The van der Waals surface area contributed by atoms with E-state index in [9.17, 15) is 46.0 Å². The molecule has 0 amide bonds. The molecule has 0 bridgehead atoms. The van der Waals surface area contributed by atoms with Crippen LogP contribution in [-0.2, 0) is 28.4 Å². The maximum absolute atomic E-state index is 11.1. The average molecular weight is 617 g/mol. The van der Waals surface area contributed by atoms with Gasteiger partial charge >= 0.3 is 0 Å². The number of hydrogen-bond donors (Lipinski definition) is 13. The predicted octanol–water partition coefficient (Wildman–Crippen LogP) is -8.83. The Labute approximate surface area is 240 Å². The van der Waals surface area contributed by atoms with Crippen molar-refractivity contribution in [1.82, 2.24) is 0 Å². The summed E-state index contributed by atoms with van der Waals surface area (Å²) in [6.07, 6.45) is -22.9. The van der Waals surface area contributed by atoms with Crippen LogP contribution in [0.5, 0.6) is 0 Å². The molecule has 0 radical (unpaired) electrons. The molecular formula is C23H44N4O15. The monoisotopic (exact) mass is 616 g/mol. The molecule has 0 aromatic carbocycles. The minimum atomic E-state index is -1.66. The Kier molecular flexibility index (Phi) is 11.5. The van der Waals surface area contributed by atoms with Crippen LogP contribution in [0.25, 0.3) is 0 Å². The van der Waals surface area contributed by atoms with Crippen LogP contribution in [0.1, 0.15) is 6.42 Å². The van der Waals surface area contributed by atoms with Crippen LogP contribution >= 0.6 is 0 Å². The first kappa shape index (κ1) is 34.1. The number of hydrogen-bond acceptors (Lipinski definition) is 19. The van der Waals surface area contributed by atoms with Gasteiger partial charge in [-0.05, 0) is 6.42 Å². The lowest BCUT2D eigenvalue weighted by molar-refractivity contribution is -0.315. The summed E-state index contributed by atoms with van der Waals surface area (Å²) in [5.41, 5.74) is 23.7. The largest absolute Gasteiger partial charge is 0.394 e. The summed E-state index contributed by atoms with van der Waals surface area (Å²) in [5.74, 6) is 0. The molecule has 3 aliphatic heterocycles. The van der Waals surface area contributed by atoms with Crippen molar-refractivity contribution in [3.8, 4) is 0 Å². The molecule has 0 unspecified atom stereocenters. The van der Waals surface area contributed by atoms with E-state index in [2.05, 4.69) is 0 Å². The molecule has 246 valence electrons. The lowest BCUT2D eigenvalue weighted by atomic mass is 9.85. The van der Waals surface area contributed by atoms with Gasteiger partial charge in [-0.25, -0.2) is 0 Å². The molecule has 0 spiro atoms. The zero-order valence-electron chi connectivity index (χ0n) is 22.6. The molecule has 3 heterocycles. The Bertz CT molecular complexity index is 865. The van der Waals surface area contributed by atoms with Crippen LogP contribution in [0.4, 0.5) is 0 Å². The maximum Gasteiger partial charge on any atom is 0.187 e. The summed E-state index contributed by atoms with van der Waals surface area (Å²) < 4.78 is 34.2. The molecule has 17 N–H and O–H groups in total. The molecule has 1 saturated carbocycles. The van der Waals surface area contributed by atoms with E-state index in [-0.39, 0.29) is 13.0 Å². The van der Waals surface area contributed by atoms with Crippen molar-refractivity contribution in [3.05, 3.63) is 0 Å². The predicted molar refractivity (Wildman–Crippen MR) is 134 cm³/mol. The van der Waals surface area contributed by atoms with Gasteiger partial charge in [-0.3, -0.25) is 0 Å². The van der Waals surface area contributed by atoms with E-state index >= 15 is 0 Å². The summed E-state index contributed by atoms with van der Waals surface area (Å²) in [5, 5.41) is 92.5. The Balaban J connectivity index is 1.50. The van der Waals surface area contributed by atoms with Crippen molar-refractivity contribution in [1.29, 1.82) is 0 Å². The molecule has 1 aliphatic carbocycles. The first-order valence-corrected chi connectivity index (χ1v) is 13.7.